The maximum Gasteiger partial charge on any atom is 0.220 e. The molecule has 0 aromatic heterocycles. The summed E-state index contributed by atoms with van der Waals surface area (Å²) in [6, 6.07) is 8.59. The van der Waals surface area contributed by atoms with Gasteiger partial charge in [-0.3, -0.25) is 9.69 Å². The van der Waals surface area contributed by atoms with Gasteiger partial charge in [0, 0.05) is 13.0 Å². The maximum atomic E-state index is 11.9. The van der Waals surface area contributed by atoms with Crippen LogP contribution in [0.25, 0.3) is 0 Å². The van der Waals surface area contributed by atoms with Crippen LogP contribution in [0.1, 0.15) is 57.6 Å². The first kappa shape index (κ1) is 17.8. The Hall–Kier alpha value is -1.55. The SMILES string of the molecule is CCCC(=O)NCC(c1ccc(OCC)cc1)N1CCCCC1. The summed E-state index contributed by atoms with van der Waals surface area (Å²) in [6.45, 7) is 7.62. The Morgan fingerprint density at radius 3 is 2.48 bits per heavy atom. The lowest BCUT2D eigenvalue weighted by atomic mass is 10.0. The Bertz CT molecular complexity index is 467. The average molecular weight is 318 g/mol. The van der Waals surface area contributed by atoms with E-state index in [0.29, 0.717) is 19.6 Å². The summed E-state index contributed by atoms with van der Waals surface area (Å²) in [5, 5.41) is 3.11. The molecule has 4 nitrogen and oxygen atoms in total. The molecule has 1 aliphatic heterocycles. The minimum atomic E-state index is 0.153. The highest BCUT2D eigenvalue weighted by Gasteiger charge is 2.22. The fourth-order valence-electron chi connectivity index (χ4n) is 3.17. The van der Waals surface area contributed by atoms with E-state index in [1.165, 1.54) is 24.8 Å². The molecule has 1 aromatic carbocycles. The van der Waals surface area contributed by atoms with E-state index >= 15 is 0 Å². The van der Waals surface area contributed by atoms with Crippen LogP contribution in [0.3, 0.4) is 0 Å². The van der Waals surface area contributed by atoms with Crippen molar-refractivity contribution in [3.63, 3.8) is 0 Å². The van der Waals surface area contributed by atoms with E-state index < -0.39 is 0 Å². The van der Waals surface area contributed by atoms with Crippen molar-refractivity contribution in [2.24, 2.45) is 0 Å². The molecule has 1 unspecified atom stereocenters. The fraction of sp³-hybridized carbons (Fsp3) is 0.632. The van der Waals surface area contributed by atoms with Gasteiger partial charge in [-0.05, 0) is 57.0 Å². The van der Waals surface area contributed by atoms with E-state index in [2.05, 4.69) is 22.3 Å². The van der Waals surface area contributed by atoms with Crippen LogP contribution in [0.2, 0.25) is 0 Å². The summed E-state index contributed by atoms with van der Waals surface area (Å²) < 4.78 is 5.53. The molecule has 1 heterocycles. The van der Waals surface area contributed by atoms with Crippen LogP contribution in [0, 0.1) is 0 Å². The third-order valence-electron chi connectivity index (χ3n) is 4.38. The minimum Gasteiger partial charge on any atom is -0.494 e. The molecule has 0 saturated carbocycles. The number of nitrogens with zero attached hydrogens (tertiary/aromatic N) is 1. The van der Waals surface area contributed by atoms with E-state index in [0.717, 1.165) is 25.3 Å². The Labute approximate surface area is 140 Å². The highest BCUT2D eigenvalue weighted by Crippen LogP contribution is 2.26. The monoisotopic (exact) mass is 318 g/mol. The van der Waals surface area contributed by atoms with Gasteiger partial charge >= 0.3 is 0 Å². The maximum absolute atomic E-state index is 11.9. The van der Waals surface area contributed by atoms with Crippen molar-refractivity contribution >= 4 is 5.91 Å². The number of carbonyl (C=O) groups is 1. The van der Waals surface area contributed by atoms with Crippen molar-refractivity contribution < 1.29 is 9.53 Å². The molecule has 1 aromatic rings. The smallest absolute Gasteiger partial charge is 0.220 e. The molecule has 0 aliphatic carbocycles. The van der Waals surface area contributed by atoms with Crippen molar-refractivity contribution in [3.8, 4) is 5.75 Å². The molecular formula is C19H30N2O2. The van der Waals surface area contributed by atoms with Gasteiger partial charge in [0.25, 0.3) is 0 Å². The first-order chi connectivity index (χ1) is 11.2. The van der Waals surface area contributed by atoms with Gasteiger partial charge in [-0.1, -0.05) is 25.5 Å². The highest BCUT2D eigenvalue weighted by molar-refractivity contribution is 5.75. The standard InChI is InChI=1S/C19H30N2O2/c1-3-8-19(22)20-15-18(21-13-6-5-7-14-21)16-9-11-17(12-10-16)23-4-2/h9-12,18H,3-8,13-15H2,1-2H3,(H,20,22). The van der Waals surface area contributed by atoms with Crippen molar-refractivity contribution in [2.45, 2.75) is 52.0 Å². The molecule has 0 radical (unpaired) electrons. The van der Waals surface area contributed by atoms with E-state index in [4.69, 9.17) is 4.74 Å². The molecule has 1 saturated heterocycles. The second kappa shape index (κ2) is 9.56. The lowest BCUT2D eigenvalue weighted by Gasteiger charge is -2.35. The molecule has 128 valence electrons. The van der Waals surface area contributed by atoms with Crippen molar-refractivity contribution in [1.82, 2.24) is 10.2 Å². The zero-order chi connectivity index (χ0) is 16.5. The van der Waals surface area contributed by atoms with E-state index in [1.54, 1.807) is 0 Å². The van der Waals surface area contributed by atoms with Crippen molar-refractivity contribution in [2.75, 3.05) is 26.2 Å². The van der Waals surface area contributed by atoms with Gasteiger partial charge in [-0.25, -0.2) is 0 Å². The Balaban J connectivity index is 2.06. The summed E-state index contributed by atoms with van der Waals surface area (Å²) in [4.78, 5) is 14.4. The van der Waals surface area contributed by atoms with Gasteiger partial charge in [-0.2, -0.15) is 0 Å². The molecule has 1 fully saturated rings. The lowest BCUT2D eigenvalue weighted by Crippen LogP contribution is -2.40. The zero-order valence-corrected chi connectivity index (χ0v) is 14.5. The Kier molecular flexibility index (Phi) is 7.40. The molecule has 4 heteroatoms. The van der Waals surface area contributed by atoms with Crippen LogP contribution >= 0.6 is 0 Å². The van der Waals surface area contributed by atoms with Gasteiger partial charge in [0.2, 0.25) is 5.91 Å². The zero-order valence-electron chi connectivity index (χ0n) is 14.5. The summed E-state index contributed by atoms with van der Waals surface area (Å²) in [5.41, 5.74) is 1.26. The van der Waals surface area contributed by atoms with Crippen LogP contribution in [0.15, 0.2) is 24.3 Å². The summed E-state index contributed by atoms with van der Waals surface area (Å²) in [5.74, 6) is 1.06. The number of likely N-dealkylation sites (tertiary alicyclic amines) is 1. The number of rotatable bonds is 8. The number of ether oxygens (including phenoxy) is 1. The number of hydrogen-bond donors (Lipinski definition) is 1. The van der Waals surface area contributed by atoms with Gasteiger partial charge in [0.1, 0.15) is 5.75 Å². The highest BCUT2D eigenvalue weighted by atomic mass is 16.5. The largest absolute Gasteiger partial charge is 0.494 e. The number of piperidine rings is 1. The molecular weight excluding hydrogens is 288 g/mol. The third kappa shape index (κ3) is 5.54. The van der Waals surface area contributed by atoms with Gasteiger partial charge in [-0.15, -0.1) is 0 Å². The van der Waals surface area contributed by atoms with Crippen LogP contribution in [-0.2, 0) is 4.79 Å². The molecule has 2 rings (SSSR count). The summed E-state index contributed by atoms with van der Waals surface area (Å²) in [6.07, 6.45) is 5.31. The molecule has 23 heavy (non-hydrogen) atoms. The molecule has 0 bridgehead atoms. The Morgan fingerprint density at radius 1 is 1.17 bits per heavy atom. The van der Waals surface area contributed by atoms with Crippen LogP contribution in [0.5, 0.6) is 5.75 Å². The second-order valence-electron chi connectivity index (χ2n) is 6.17. The molecule has 1 N–H and O–H groups in total. The number of carbonyl (C=O) groups excluding carboxylic acids is 1. The minimum absolute atomic E-state index is 0.153. The quantitative estimate of drug-likeness (QED) is 0.797. The number of nitrogens with one attached hydrogen (secondary N) is 1. The van der Waals surface area contributed by atoms with Gasteiger partial charge < -0.3 is 10.1 Å². The predicted molar refractivity (Wildman–Crippen MR) is 93.7 cm³/mol. The normalized spacial score (nSPS) is 16.8. The van der Waals surface area contributed by atoms with Crippen LogP contribution in [-0.4, -0.2) is 37.0 Å². The first-order valence-corrected chi connectivity index (χ1v) is 8.98. The van der Waals surface area contributed by atoms with Crippen LogP contribution in [0.4, 0.5) is 0 Å². The van der Waals surface area contributed by atoms with Crippen LogP contribution < -0.4 is 10.1 Å². The molecule has 1 atom stereocenters. The third-order valence-corrected chi connectivity index (χ3v) is 4.38. The predicted octanol–water partition coefficient (Wildman–Crippen LogP) is 3.53. The molecule has 0 spiro atoms. The summed E-state index contributed by atoms with van der Waals surface area (Å²) in [7, 11) is 0. The van der Waals surface area contributed by atoms with E-state index in [1.807, 2.05) is 26.0 Å². The van der Waals surface area contributed by atoms with E-state index in [-0.39, 0.29) is 11.9 Å². The van der Waals surface area contributed by atoms with Crippen molar-refractivity contribution in [3.05, 3.63) is 29.8 Å². The second-order valence-corrected chi connectivity index (χ2v) is 6.17. The lowest BCUT2D eigenvalue weighted by molar-refractivity contribution is -0.121. The first-order valence-electron chi connectivity index (χ1n) is 8.98. The fourth-order valence-corrected chi connectivity index (χ4v) is 3.17. The Morgan fingerprint density at radius 2 is 1.87 bits per heavy atom. The number of amides is 1. The average Bonchev–Trinajstić information content (AvgIpc) is 2.58. The summed E-state index contributed by atoms with van der Waals surface area (Å²) >= 11 is 0. The number of benzene rings is 1. The molecule has 1 aliphatic rings. The topological polar surface area (TPSA) is 41.6 Å². The van der Waals surface area contributed by atoms with Crippen molar-refractivity contribution in [1.29, 1.82) is 0 Å². The van der Waals surface area contributed by atoms with Gasteiger partial charge in [0.05, 0.1) is 12.6 Å². The number of hydrogen-bond acceptors (Lipinski definition) is 3. The van der Waals surface area contributed by atoms with E-state index in [9.17, 15) is 4.79 Å². The molecule has 1 amide bonds. The van der Waals surface area contributed by atoms with Gasteiger partial charge in [0.15, 0.2) is 0 Å².